The average molecular weight is 285 g/mol. The van der Waals surface area contributed by atoms with Crippen molar-refractivity contribution in [3.05, 3.63) is 27.2 Å². The lowest BCUT2D eigenvalue weighted by molar-refractivity contribution is 0.597. The van der Waals surface area contributed by atoms with Crippen molar-refractivity contribution in [1.29, 1.82) is 0 Å². The number of primary sulfonamides is 1. The van der Waals surface area contributed by atoms with Gasteiger partial charge in [-0.15, -0.1) is 0 Å². The Morgan fingerprint density at radius 1 is 1.46 bits per heavy atom. The molecule has 0 amide bonds. The first-order valence-corrected chi connectivity index (χ1v) is 6.02. The fourth-order valence-electron chi connectivity index (χ4n) is 1.05. The lowest BCUT2D eigenvalue weighted by Gasteiger charge is -2.05. The molecule has 0 aromatic heterocycles. The van der Waals surface area contributed by atoms with Crippen LogP contribution in [0.15, 0.2) is 21.5 Å². The molecule has 0 aliphatic rings. The van der Waals surface area contributed by atoms with Gasteiger partial charge in [0.15, 0.2) is 0 Å². The molecule has 3 nitrogen and oxygen atoms in total. The van der Waals surface area contributed by atoms with Gasteiger partial charge in [-0.1, -0.05) is 27.5 Å². The zero-order valence-electron chi connectivity index (χ0n) is 6.71. The van der Waals surface area contributed by atoms with E-state index in [2.05, 4.69) is 15.9 Å². The summed E-state index contributed by atoms with van der Waals surface area (Å²) in [6.07, 6.45) is 0. The number of benzene rings is 1. The molecule has 13 heavy (non-hydrogen) atoms. The highest BCUT2D eigenvalue weighted by atomic mass is 79.9. The molecule has 0 spiro atoms. The Hall–Kier alpha value is -0.100. The minimum Gasteiger partial charge on any atom is -0.225 e. The van der Waals surface area contributed by atoms with Crippen molar-refractivity contribution >= 4 is 37.6 Å². The molecule has 0 saturated heterocycles. The summed E-state index contributed by atoms with van der Waals surface area (Å²) < 4.78 is 22.9. The molecular formula is C7H7BrClNO2S. The Morgan fingerprint density at radius 2 is 2.00 bits per heavy atom. The van der Waals surface area contributed by atoms with Gasteiger partial charge in [-0.3, -0.25) is 0 Å². The third-order valence-corrected chi connectivity index (χ3v) is 3.46. The maximum Gasteiger partial charge on any atom is 0.239 e. The first kappa shape index (κ1) is 11.0. The first-order chi connectivity index (χ1) is 5.82. The van der Waals surface area contributed by atoms with Crippen LogP contribution < -0.4 is 5.14 Å². The molecule has 2 N–H and O–H groups in total. The summed E-state index contributed by atoms with van der Waals surface area (Å²) in [4.78, 5) is -0.0163. The highest BCUT2D eigenvalue weighted by Crippen LogP contribution is 2.27. The molecule has 0 radical (unpaired) electrons. The zero-order chi connectivity index (χ0) is 10.2. The van der Waals surface area contributed by atoms with Gasteiger partial charge in [0.1, 0.15) is 4.90 Å². The summed E-state index contributed by atoms with van der Waals surface area (Å²) >= 11 is 8.92. The molecule has 0 fully saturated rings. The molecule has 0 atom stereocenters. The van der Waals surface area contributed by atoms with Crippen LogP contribution in [-0.4, -0.2) is 8.42 Å². The third kappa shape index (κ3) is 2.43. The van der Waals surface area contributed by atoms with Crippen molar-refractivity contribution in [2.24, 2.45) is 5.14 Å². The minimum atomic E-state index is -3.73. The largest absolute Gasteiger partial charge is 0.239 e. The van der Waals surface area contributed by atoms with E-state index in [9.17, 15) is 8.42 Å². The highest BCUT2D eigenvalue weighted by molar-refractivity contribution is 9.10. The summed E-state index contributed by atoms with van der Waals surface area (Å²) in [7, 11) is -3.73. The summed E-state index contributed by atoms with van der Waals surface area (Å²) in [5, 5.41) is 5.11. The molecule has 0 unspecified atom stereocenters. The molecule has 0 aliphatic carbocycles. The van der Waals surface area contributed by atoms with Crippen LogP contribution in [0.2, 0.25) is 5.02 Å². The lowest BCUT2D eigenvalue weighted by atomic mass is 10.2. The van der Waals surface area contributed by atoms with Crippen molar-refractivity contribution in [2.75, 3.05) is 0 Å². The summed E-state index contributed by atoms with van der Waals surface area (Å²) in [5.74, 6) is 0. The van der Waals surface area contributed by atoms with Crippen LogP contribution in [0.3, 0.4) is 0 Å². The number of nitrogens with two attached hydrogens (primary N) is 1. The number of halogens is 2. The van der Waals surface area contributed by atoms with Crippen molar-refractivity contribution in [2.45, 2.75) is 11.8 Å². The van der Waals surface area contributed by atoms with E-state index in [-0.39, 0.29) is 9.92 Å². The smallest absolute Gasteiger partial charge is 0.225 e. The normalized spacial score (nSPS) is 11.7. The Bertz CT molecular complexity index is 421. The minimum absolute atomic E-state index is 0.0163. The molecule has 1 rings (SSSR count). The molecule has 0 saturated carbocycles. The van der Waals surface area contributed by atoms with E-state index < -0.39 is 10.0 Å². The van der Waals surface area contributed by atoms with Gasteiger partial charge in [-0.05, 0) is 24.6 Å². The molecule has 1 aromatic carbocycles. The quantitative estimate of drug-likeness (QED) is 0.858. The van der Waals surface area contributed by atoms with Crippen LogP contribution in [0.1, 0.15) is 5.56 Å². The van der Waals surface area contributed by atoms with E-state index in [4.69, 9.17) is 16.7 Å². The van der Waals surface area contributed by atoms with Crippen LogP contribution in [0.4, 0.5) is 0 Å². The second-order valence-corrected chi connectivity index (χ2v) is 5.40. The lowest BCUT2D eigenvalue weighted by Crippen LogP contribution is -2.14. The molecule has 6 heteroatoms. The monoisotopic (exact) mass is 283 g/mol. The maximum atomic E-state index is 11.1. The molecule has 1 aromatic rings. The molecule has 0 bridgehead atoms. The Kier molecular flexibility index (Phi) is 3.01. The van der Waals surface area contributed by atoms with Crippen LogP contribution >= 0.6 is 27.5 Å². The number of hydrogen-bond donors (Lipinski definition) is 1. The van der Waals surface area contributed by atoms with Crippen molar-refractivity contribution in [1.82, 2.24) is 0 Å². The van der Waals surface area contributed by atoms with E-state index >= 15 is 0 Å². The maximum absolute atomic E-state index is 11.1. The number of aryl methyl sites for hydroxylation is 1. The van der Waals surface area contributed by atoms with Crippen molar-refractivity contribution in [3.8, 4) is 0 Å². The Morgan fingerprint density at radius 3 is 2.38 bits per heavy atom. The van der Waals surface area contributed by atoms with Gasteiger partial charge in [-0.25, -0.2) is 13.6 Å². The molecule has 72 valence electrons. The second-order valence-electron chi connectivity index (χ2n) is 2.58. The van der Waals surface area contributed by atoms with Crippen LogP contribution in [-0.2, 0) is 10.0 Å². The SMILES string of the molecule is Cc1cc(Br)cc(Cl)c1S(N)(=O)=O. The fraction of sp³-hybridized carbons (Fsp3) is 0.143. The summed E-state index contributed by atoms with van der Waals surface area (Å²) in [6.45, 7) is 1.64. The van der Waals surface area contributed by atoms with Gasteiger partial charge < -0.3 is 0 Å². The second kappa shape index (κ2) is 3.57. The van der Waals surface area contributed by atoms with E-state index in [0.717, 1.165) is 4.47 Å². The topological polar surface area (TPSA) is 60.2 Å². The van der Waals surface area contributed by atoms with E-state index in [1.54, 1.807) is 13.0 Å². The highest BCUT2D eigenvalue weighted by Gasteiger charge is 2.16. The Balaban J connectivity index is 3.57. The molecule has 0 heterocycles. The van der Waals surface area contributed by atoms with Gasteiger partial charge in [0.25, 0.3) is 0 Å². The first-order valence-electron chi connectivity index (χ1n) is 3.31. The van der Waals surface area contributed by atoms with Crippen LogP contribution in [0, 0.1) is 6.92 Å². The third-order valence-electron chi connectivity index (χ3n) is 1.48. The number of rotatable bonds is 1. The van der Waals surface area contributed by atoms with Crippen LogP contribution in [0.5, 0.6) is 0 Å². The van der Waals surface area contributed by atoms with Gasteiger partial charge >= 0.3 is 0 Å². The zero-order valence-corrected chi connectivity index (χ0v) is 9.87. The van der Waals surface area contributed by atoms with Gasteiger partial charge in [0.2, 0.25) is 10.0 Å². The van der Waals surface area contributed by atoms with E-state index in [1.807, 2.05) is 0 Å². The van der Waals surface area contributed by atoms with Crippen molar-refractivity contribution in [3.63, 3.8) is 0 Å². The van der Waals surface area contributed by atoms with Gasteiger partial charge in [0.05, 0.1) is 5.02 Å². The van der Waals surface area contributed by atoms with Gasteiger partial charge in [-0.2, -0.15) is 0 Å². The van der Waals surface area contributed by atoms with E-state index in [0.29, 0.717) is 5.56 Å². The number of sulfonamides is 1. The number of hydrogen-bond acceptors (Lipinski definition) is 2. The Labute approximate surface area is 90.1 Å². The van der Waals surface area contributed by atoms with Crippen molar-refractivity contribution < 1.29 is 8.42 Å². The summed E-state index contributed by atoms with van der Waals surface area (Å²) in [6, 6.07) is 3.14. The predicted octanol–water partition coefficient (Wildman–Crippen LogP) is 2.06. The summed E-state index contributed by atoms with van der Waals surface area (Å²) in [5.41, 5.74) is 0.530. The fourth-order valence-corrected chi connectivity index (χ4v) is 3.18. The van der Waals surface area contributed by atoms with E-state index in [1.165, 1.54) is 6.07 Å². The predicted molar refractivity (Wildman–Crippen MR) is 55.3 cm³/mol. The van der Waals surface area contributed by atoms with Crippen LogP contribution in [0.25, 0.3) is 0 Å². The standard InChI is InChI=1S/C7H7BrClNO2S/c1-4-2-5(8)3-6(9)7(4)13(10,11)12/h2-3H,1H3,(H2,10,11,12). The molecular weight excluding hydrogens is 278 g/mol. The average Bonchev–Trinajstić information content (AvgIpc) is 1.78. The molecule has 0 aliphatic heterocycles. The van der Waals surface area contributed by atoms with Gasteiger partial charge in [0, 0.05) is 4.47 Å².